The molecule has 1 aliphatic rings. The van der Waals surface area contributed by atoms with Gasteiger partial charge in [-0.1, -0.05) is 11.6 Å². The highest BCUT2D eigenvalue weighted by molar-refractivity contribution is 6.33. The van der Waals surface area contributed by atoms with Crippen molar-refractivity contribution in [1.29, 1.82) is 0 Å². The normalized spacial score (nSPS) is 19.0. The van der Waals surface area contributed by atoms with Gasteiger partial charge in [0, 0.05) is 12.7 Å². The Morgan fingerprint density at radius 2 is 2.23 bits per heavy atom. The fourth-order valence-electron chi connectivity index (χ4n) is 2.27. The first-order chi connectivity index (χ1) is 10.3. The third-order valence-electron chi connectivity index (χ3n) is 3.17. The zero-order chi connectivity index (χ0) is 16.3. The molecule has 1 aromatic heterocycles. The number of aromatic nitrogens is 1. The van der Waals surface area contributed by atoms with Crippen LogP contribution < -0.4 is 10.2 Å². The molecule has 22 heavy (non-hydrogen) atoms. The number of nitrogens with one attached hydrogen (secondary N) is 1. The Bertz CT molecular complexity index is 571. The average molecular weight is 326 g/mol. The number of carbonyl (C=O) groups excluding carboxylic acids is 2. The van der Waals surface area contributed by atoms with Gasteiger partial charge in [0.15, 0.2) is 0 Å². The molecule has 7 heteroatoms. The molecule has 1 aliphatic heterocycles. The molecule has 1 aromatic rings. The number of carbonyl (C=O) groups is 2. The van der Waals surface area contributed by atoms with E-state index in [-0.39, 0.29) is 5.91 Å². The lowest BCUT2D eigenvalue weighted by Gasteiger charge is -2.33. The van der Waals surface area contributed by atoms with Crippen molar-refractivity contribution in [3.8, 4) is 0 Å². The Hall–Kier alpha value is -1.82. The van der Waals surface area contributed by atoms with E-state index >= 15 is 0 Å². The number of rotatable bonds is 2. The topological polar surface area (TPSA) is 71.5 Å². The quantitative estimate of drug-likeness (QED) is 0.907. The van der Waals surface area contributed by atoms with Crippen LogP contribution in [0.15, 0.2) is 18.5 Å². The van der Waals surface area contributed by atoms with E-state index in [0.717, 1.165) is 6.42 Å². The van der Waals surface area contributed by atoms with E-state index in [0.29, 0.717) is 23.7 Å². The van der Waals surface area contributed by atoms with Crippen LogP contribution in [0.5, 0.6) is 0 Å². The number of anilines is 1. The monoisotopic (exact) mass is 325 g/mol. The van der Waals surface area contributed by atoms with E-state index in [1.165, 1.54) is 0 Å². The Morgan fingerprint density at radius 3 is 2.86 bits per heavy atom. The second-order valence-corrected chi connectivity index (χ2v) is 6.57. The molecule has 120 valence electrons. The Balaban J connectivity index is 2.08. The van der Waals surface area contributed by atoms with E-state index in [9.17, 15) is 9.59 Å². The number of nitrogens with zero attached hydrogens (tertiary/aromatic N) is 2. The van der Waals surface area contributed by atoms with Crippen LogP contribution in [0, 0.1) is 0 Å². The summed E-state index contributed by atoms with van der Waals surface area (Å²) in [6.45, 7) is 5.88. The summed E-state index contributed by atoms with van der Waals surface area (Å²) in [5.41, 5.74) is -0.0430. The molecular formula is C15H20ClN3O3. The summed E-state index contributed by atoms with van der Waals surface area (Å²) in [4.78, 5) is 29.9. The lowest BCUT2D eigenvalue weighted by molar-refractivity contribution is -0.121. The summed E-state index contributed by atoms with van der Waals surface area (Å²) in [7, 11) is 0. The third kappa shape index (κ3) is 4.10. The van der Waals surface area contributed by atoms with Gasteiger partial charge in [-0.3, -0.25) is 9.78 Å². The fourth-order valence-corrected chi connectivity index (χ4v) is 2.47. The molecule has 1 unspecified atom stereocenters. The minimum absolute atomic E-state index is 0.202. The van der Waals surface area contributed by atoms with Crippen molar-refractivity contribution in [3.05, 3.63) is 23.5 Å². The number of alkyl carbamates (subject to hydrolysis) is 1. The van der Waals surface area contributed by atoms with Crippen molar-refractivity contribution in [2.45, 2.75) is 45.3 Å². The number of piperidine rings is 1. The van der Waals surface area contributed by atoms with Gasteiger partial charge in [0.05, 0.1) is 16.9 Å². The van der Waals surface area contributed by atoms with Gasteiger partial charge in [-0.05, 0) is 39.7 Å². The van der Waals surface area contributed by atoms with E-state index in [2.05, 4.69) is 10.3 Å². The smallest absolute Gasteiger partial charge is 0.408 e. The molecule has 0 aromatic carbocycles. The highest BCUT2D eigenvalue weighted by atomic mass is 35.5. The average Bonchev–Trinajstić information content (AvgIpc) is 2.40. The van der Waals surface area contributed by atoms with Crippen LogP contribution in [0.4, 0.5) is 10.5 Å². The number of hydrogen-bond acceptors (Lipinski definition) is 4. The number of hydrogen-bond donors (Lipinski definition) is 1. The summed E-state index contributed by atoms with van der Waals surface area (Å²) in [5, 5.41) is 3.09. The van der Waals surface area contributed by atoms with Gasteiger partial charge >= 0.3 is 6.09 Å². The van der Waals surface area contributed by atoms with Gasteiger partial charge in [-0.15, -0.1) is 0 Å². The Labute approximate surface area is 134 Å². The Morgan fingerprint density at radius 1 is 1.50 bits per heavy atom. The van der Waals surface area contributed by atoms with Crippen molar-refractivity contribution < 1.29 is 14.3 Å². The van der Waals surface area contributed by atoms with Crippen LogP contribution in [-0.2, 0) is 9.53 Å². The summed E-state index contributed by atoms with van der Waals surface area (Å²) in [6, 6.07) is 1.02. The van der Waals surface area contributed by atoms with Crippen LogP contribution in [0.25, 0.3) is 0 Å². The second kappa shape index (κ2) is 6.52. The first-order valence-electron chi connectivity index (χ1n) is 7.18. The lowest BCUT2D eigenvalue weighted by Crippen LogP contribution is -2.53. The van der Waals surface area contributed by atoms with Crippen LogP contribution in [0.1, 0.15) is 33.6 Å². The van der Waals surface area contributed by atoms with Crippen LogP contribution in [0.3, 0.4) is 0 Å². The first-order valence-corrected chi connectivity index (χ1v) is 7.56. The summed E-state index contributed by atoms with van der Waals surface area (Å²) < 4.78 is 5.19. The minimum Gasteiger partial charge on any atom is -0.444 e. The number of halogens is 1. The highest BCUT2D eigenvalue weighted by Crippen LogP contribution is 2.27. The zero-order valence-corrected chi connectivity index (χ0v) is 13.7. The Kier molecular flexibility index (Phi) is 4.90. The molecule has 0 bridgehead atoms. The third-order valence-corrected chi connectivity index (χ3v) is 3.49. The molecule has 0 aliphatic carbocycles. The van der Waals surface area contributed by atoms with Gasteiger partial charge in [-0.2, -0.15) is 0 Å². The molecule has 1 saturated heterocycles. The molecule has 6 nitrogen and oxygen atoms in total. The molecule has 1 atom stereocenters. The number of pyridine rings is 1. The molecule has 2 heterocycles. The molecular weight excluding hydrogens is 306 g/mol. The van der Waals surface area contributed by atoms with Crippen molar-refractivity contribution in [2.24, 2.45) is 0 Å². The summed E-state index contributed by atoms with van der Waals surface area (Å²) >= 11 is 6.12. The zero-order valence-electron chi connectivity index (χ0n) is 12.9. The molecule has 2 amide bonds. The predicted octanol–water partition coefficient (Wildman–Crippen LogP) is 2.76. The lowest BCUT2D eigenvalue weighted by atomic mass is 10.0. The van der Waals surface area contributed by atoms with Gasteiger partial charge in [0.1, 0.15) is 11.6 Å². The fraction of sp³-hybridized carbons (Fsp3) is 0.533. The van der Waals surface area contributed by atoms with Crippen molar-refractivity contribution >= 4 is 29.3 Å². The predicted molar refractivity (Wildman–Crippen MR) is 84.0 cm³/mol. The molecule has 0 radical (unpaired) electrons. The highest BCUT2D eigenvalue weighted by Gasteiger charge is 2.32. The second-order valence-electron chi connectivity index (χ2n) is 6.16. The summed E-state index contributed by atoms with van der Waals surface area (Å²) in [5.74, 6) is -0.202. The van der Waals surface area contributed by atoms with Crippen molar-refractivity contribution in [2.75, 3.05) is 11.4 Å². The first kappa shape index (κ1) is 16.5. The van der Waals surface area contributed by atoms with Gasteiger partial charge < -0.3 is 15.0 Å². The standard InChI is InChI=1S/C15H20ClN3O3/c1-15(2,3)22-14(21)18-11-5-4-8-19(13(11)20)12-9-17-7-6-10(12)16/h6-7,9,11H,4-5,8H2,1-3H3,(H,18,21). The van der Waals surface area contributed by atoms with Crippen LogP contribution in [-0.4, -0.2) is 35.2 Å². The van der Waals surface area contributed by atoms with Crippen LogP contribution in [0.2, 0.25) is 5.02 Å². The van der Waals surface area contributed by atoms with Crippen molar-refractivity contribution in [1.82, 2.24) is 10.3 Å². The maximum atomic E-state index is 12.5. The molecule has 0 spiro atoms. The molecule has 2 rings (SSSR count). The van der Waals surface area contributed by atoms with E-state index in [1.54, 1.807) is 44.1 Å². The van der Waals surface area contributed by atoms with E-state index < -0.39 is 17.7 Å². The van der Waals surface area contributed by atoms with Gasteiger partial charge in [0.25, 0.3) is 0 Å². The van der Waals surface area contributed by atoms with E-state index in [4.69, 9.17) is 16.3 Å². The molecule has 1 fully saturated rings. The largest absolute Gasteiger partial charge is 0.444 e. The van der Waals surface area contributed by atoms with Crippen molar-refractivity contribution in [3.63, 3.8) is 0 Å². The maximum absolute atomic E-state index is 12.5. The number of ether oxygens (including phenoxy) is 1. The SMILES string of the molecule is CC(C)(C)OC(=O)NC1CCCN(c2cnccc2Cl)C1=O. The van der Waals surface area contributed by atoms with Gasteiger partial charge in [-0.25, -0.2) is 4.79 Å². The minimum atomic E-state index is -0.611. The van der Waals surface area contributed by atoms with E-state index in [1.807, 2.05) is 0 Å². The van der Waals surface area contributed by atoms with Gasteiger partial charge in [0.2, 0.25) is 5.91 Å². The summed E-state index contributed by atoms with van der Waals surface area (Å²) in [6.07, 6.45) is 3.86. The molecule has 0 saturated carbocycles. The maximum Gasteiger partial charge on any atom is 0.408 e. The number of amides is 2. The molecule has 1 N–H and O–H groups in total. The van der Waals surface area contributed by atoms with Crippen LogP contribution >= 0.6 is 11.6 Å².